The molecule has 2 amide bonds. The van der Waals surface area contributed by atoms with E-state index in [2.05, 4.69) is 29.6 Å². The molecule has 1 N–H and O–H groups in total. The van der Waals surface area contributed by atoms with Crippen LogP contribution in [0.15, 0.2) is 78.9 Å². The van der Waals surface area contributed by atoms with E-state index >= 15 is 0 Å². The van der Waals surface area contributed by atoms with Crippen LogP contribution in [0.5, 0.6) is 11.5 Å². The second kappa shape index (κ2) is 10.5. The first-order valence-electron chi connectivity index (χ1n) is 10.7. The molecule has 0 fully saturated rings. The summed E-state index contributed by atoms with van der Waals surface area (Å²) in [5.74, 6) is 0.732. The van der Waals surface area contributed by atoms with E-state index in [0.29, 0.717) is 30.2 Å². The molecule has 6 nitrogen and oxygen atoms in total. The van der Waals surface area contributed by atoms with Crippen molar-refractivity contribution in [3.63, 3.8) is 0 Å². The number of carbonyl (C=O) groups is 2. The van der Waals surface area contributed by atoms with Crippen LogP contribution in [0.2, 0.25) is 0 Å². The Kier molecular flexibility index (Phi) is 7.02. The molecule has 0 radical (unpaired) electrons. The van der Waals surface area contributed by atoms with E-state index in [1.807, 2.05) is 41.3 Å². The Morgan fingerprint density at radius 3 is 2.00 bits per heavy atom. The van der Waals surface area contributed by atoms with Gasteiger partial charge < -0.3 is 19.7 Å². The smallest absolute Gasteiger partial charge is 0.251 e. The number of nitrogens with one attached hydrogen (secondary N) is 1. The zero-order valence-corrected chi connectivity index (χ0v) is 17.8. The summed E-state index contributed by atoms with van der Waals surface area (Å²) in [6.45, 7) is 1.28. The molecule has 1 aliphatic heterocycles. The summed E-state index contributed by atoms with van der Waals surface area (Å²) in [5.41, 5.74) is 2.78. The molecule has 0 unspecified atom stereocenters. The van der Waals surface area contributed by atoms with E-state index in [4.69, 9.17) is 9.47 Å². The largest absolute Gasteiger partial charge is 0.454 e. The van der Waals surface area contributed by atoms with Gasteiger partial charge in [0.05, 0.1) is 6.54 Å². The molecule has 3 aromatic carbocycles. The maximum absolute atomic E-state index is 13.0. The summed E-state index contributed by atoms with van der Waals surface area (Å²) in [4.78, 5) is 27.3. The highest BCUT2D eigenvalue weighted by Crippen LogP contribution is 2.32. The van der Waals surface area contributed by atoms with E-state index < -0.39 is 0 Å². The number of carbonyl (C=O) groups excluding carboxylic acids is 2. The Bertz CT molecular complexity index is 1010. The normalized spacial score (nSPS) is 11.8. The minimum atomic E-state index is -0.317. The second-order valence-electron chi connectivity index (χ2n) is 7.60. The van der Waals surface area contributed by atoms with Gasteiger partial charge in [0.25, 0.3) is 5.91 Å². The van der Waals surface area contributed by atoms with Crippen LogP contribution in [0, 0.1) is 0 Å². The molecule has 0 saturated carbocycles. The predicted molar refractivity (Wildman–Crippen MR) is 122 cm³/mol. The van der Waals surface area contributed by atoms with E-state index in [1.54, 1.807) is 18.2 Å². The molecule has 164 valence electrons. The molecule has 0 aromatic heterocycles. The second-order valence-corrected chi connectivity index (χ2v) is 7.60. The van der Waals surface area contributed by atoms with Gasteiger partial charge in [-0.3, -0.25) is 9.59 Å². The monoisotopic (exact) mass is 430 g/mol. The number of amides is 2. The summed E-state index contributed by atoms with van der Waals surface area (Å²) in [7, 11) is 0. The fraction of sp³-hybridized carbons (Fsp3) is 0.231. The molecule has 3 aromatic rings. The van der Waals surface area contributed by atoms with E-state index in [0.717, 1.165) is 12.8 Å². The van der Waals surface area contributed by atoms with Crippen molar-refractivity contribution in [1.82, 2.24) is 10.2 Å². The molecule has 0 aliphatic carbocycles. The van der Waals surface area contributed by atoms with Gasteiger partial charge in [-0.1, -0.05) is 60.7 Å². The quantitative estimate of drug-likeness (QED) is 0.565. The average molecular weight is 431 g/mol. The molecule has 0 bridgehead atoms. The summed E-state index contributed by atoms with van der Waals surface area (Å²) in [6.07, 6.45) is 1.52. The van der Waals surface area contributed by atoms with Gasteiger partial charge in [-0.15, -0.1) is 0 Å². The summed E-state index contributed by atoms with van der Waals surface area (Å²) < 4.78 is 10.6. The highest BCUT2D eigenvalue weighted by molar-refractivity contribution is 5.97. The number of benzene rings is 3. The van der Waals surface area contributed by atoms with E-state index in [-0.39, 0.29) is 25.2 Å². The molecule has 1 heterocycles. The van der Waals surface area contributed by atoms with Gasteiger partial charge in [0.15, 0.2) is 11.5 Å². The number of nitrogens with zero attached hydrogens (tertiary/aromatic N) is 1. The van der Waals surface area contributed by atoms with Crippen molar-refractivity contribution in [3.05, 3.63) is 95.6 Å². The highest BCUT2D eigenvalue weighted by Gasteiger charge is 2.18. The van der Waals surface area contributed by atoms with Crippen LogP contribution < -0.4 is 14.8 Å². The zero-order chi connectivity index (χ0) is 22.2. The lowest BCUT2D eigenvalue weighted by atomic mass is 10.1. The molecule has 0 atom stereocenters. The number of fused-ring (bicyclic) bond motifs is 1. The Morgan fingerprint density at radius 1 is 0.781 bits per heavy atom. The number of rotatable bonds is 9. The lowest BCUT2D eigenvalue weighted by Crippen LogP contribution is -2.42. The molecule has 6 heteroatoms. The van der Waals surface area contributed by atoms with Gasteiger partial charge >= 0.3 is 0 Å². The molecule has 0 saturated heterocycles. The van der Waals surface area contributed by atoms with Crippen LogP contribution in [0.25, 0.3) is 0 Å². The SMILES string of the molecule is O=C(NCC(=O)N(CCc1ccccc1)CCc1ccccc1)c1ccc2c(c1)OCO2. The fourth-order valence-electron chi connectivity index (χ4n) is 3.59. The van der Waals surface area contributed by atoms with Gasteiger partial charge in [0.2, 0.25) is 12.7 Å². The van der Waals surface area contributed by atoms with E-state index in [1.165, 1.54) is 11.1 Å². The van der Waals surface area contributed by atoms with Gasteiger partial charge in [0, 0.05) is 18.7 Å². The Morgan fingerprint density at radius 2 is 1.38 bits per heavy atom. The lowest BCUT2D eigenvalue weighted by Gasteiger charge is -2.23. The molecule has 0 spiro atoms. The highest BCUT2D eigenvalue weighted by atomic mass is 16.7. The third kappa shape index (κ3) is 5.66. The van der Waals surface area contributed by atoms with Crippen molar-refractivity contribution < 1.29 is 19.1 Å². The minimum absolute atomic E-state index is 0.0587. The number of hydrogen-bond acceptors (Lipinski definition) is 4. The van der Waals surface area contributed by atoms with Crippen LogP contribution >= 0.6 is 0 Å². The number of ether oxygens (including phenoxy) is 2. The van der Waals surface area contributed by atoms with Gasteiger partial charge in [-0.25, -0.2) is 0 Å². The summed E-state index contributed by atoms with van der Waals surface area (Å²) in [5, 5.41) is 2.74. The van der Waals surface area contributed by atoms with Crippen molar-refractivity contribution in [2.24, 2.45) is 0 Å². The topological polar surface area (TPSA) is 67.9 Å². The first kappa shape index (κ1) is 21.4. The van der Waals surface area contributed by atoms with Crippen LogP contribution in [-0.2, 0) is 17.6 Å². The molecule has 4 rings (SSSR count). The number of hydrogen-bond donors (Lipinski definition) is 1. The zero-order valence-electron chi connectivity index (χ0n) is 17.8. The Hall–Kier alpha value is -3.80. The van der Waals surface area contributed by atoms with Crippen molar-refractivity contribution in [2.45, 2.75) is 12.8 Å². The van der Waals surface area contributed by atoms with Crippen molar-refractivity contribution in [3.8, 4) is 11.5 Å². The summed E-state index contributed by atoms with van der Waals surface area (Å²) >= 11 is 0. The van der Waals surface area contributed by atoms with Crippen LogP contribution in [0.3, 0.4) is 0 Å². The third-order valence-corrected chi connectivity index (χ3v) is 5.41. The average Bonchev–Trinajstić information content (AvgIpc) is 3.31. The van der Waals surface area contributed by atoms with Gasteiger partial charge in [0.1, 0.15) is 0 Å². The molecule has 1 aliphatic rings. The molecule has 32 heavy (non-hydrogen) atoms. The Labute approximate surface area is 187 Å². The third-order valence-electron chi connectivity index (χ3n) is 5.41. The molecular weight excluding hydrogens is 404 g/mol. The first-order chi connectivity index (χ1) is 15.7. The minimum Gasteiger partial charge on any atom is -0.454 e. The Balaban J connectivity index is 1.36. The van der Waals surface area contributed by atoms with Crippen molar-refractivity contribution in [1.29, 1.82) is 0 Å². The lowest BCUT2D eigenvalue weighted by molar-refractivity contribution is -0.130. The first-order valence-corrected chi connectivity index (χ1v) is 10.7. The van der Waals surface area contributed by atoms with Gasteiger partial charge in [-0.2, -0.15) is 0 Å². The summed E-state index contributed by atoms with van der Waals surface area (Å²) in [6, 6.07) is 25.2. The van der Waals surface area contributed by atoms with Crippen LogP contribution in [0.4, 0.5) is 0 Å². The maximum atomic E-state index is 13.0. The van der Waals surface area contributed by atoms with Gasteiger partial charge in [-0.05, 0) is 42.2 Å². The molecular formula is C26H26N2O4. The van der Waals surface area contributed by atoms with Crippen molar-refractivity contribution in [2.75, 3.05) is 26.4 Å². The standard InChI is InChI=1S/C26H26N2O4/c29-25(18-27-26(30)22-11-12-23-24(17-22)32-19-31-23)28(15-13-20-7-3-1-4-8-20)16-14-21-9-5-2-6-10-21/h1-12,17H,13-16,18-19H2,(H,27,30). The van der Waals surface area contributed by atoms with Crippen LogP contribution in [-0.4, -0.2) is 43.1 Å². The maximum Gasteiger partial charge on any atom is 0.251 e. The van der Waals surface area contributed by atoms with Crippen molar-refractivity contribution >= 4 is 11.8 Å². The predicted octanol–water partition coefficient (Wildman–Crippen LogP) is 3.46. The van der Waals surface area contributed by atoms with Crippen LogP contribution in [0.1, 0.15) is 21.5 Å². The van der Waals surface area contributed by atoms with E-state index in [9.17, 15) is 9.59 Å². The fourth-order valence-corrected chi connectivity index (χ4v) is 3.59.